The fraction of sp³-hybridized carbons (Fsp3) is 0.211. The quantitative estimate of drug-likeness (QED) is 0.462. The molecule has 0 radical (unpaired) electrons. The van der Waals surface area contributed by atoms with Gasteiger partial charge in [-0.25, -0.2) is 4.98 Å². The molecule has 1 N–H and O–H groups in total. The molecule has 28 heavy (non-hydrogen) atoms. The van der Waals surface area contributed by atoms with Gasteiger partial charge in [0.2, 0.25) is 0 Å². The molecule has 1 aromatic carbocycles. The molecule has 0 bridgehead atoms. The smallest absolute Gasteiger partial charge is 0.316 e. The van der Waals surface area contributed by atoms with Crippen molar-refractivity contribution in [1.82, 2.24) is 19.7 Å². The van der Waals surface area contributed by atoms with Gasteiger partial charge in [-0.3, -0.25) is 9.67 Å². The van der Waals surface area contributed by atoms with Gasteiger partial charge in [-0.15, -0.1) is 0 Å². The maximum Gasteiger partial charge on any atom is 0.417 e. The summed E-state index contributed by atoms with van der Waals surface area (Å²) in [6, 6.07) is 8.28. The Morgan fingerprint density at radius 2 is 1.82 bits per heavy atom. The Bertz CT molecular complexity index is 1080. The predicted octanol–water partition coefficient (Wildman–Crippen LogP) is 5.88. The monoisotopic (exact) mass is 405 g/mol. The number of aryl methyl sites for hydroxylation is 1. The van der Waals surface area contributed by atoms with E-state index in [2.05, 4.69) is 20.4 Å². The van der Waals surface area contributed by atoms with E-state index >= 15 is 0 Å². The van der Waals surface area contributed by atoms with E-state index in [1.165, 1.54) is 17.5 Å². The third-order valence-corrected chi connectivity index (χ3v) is 4.78. The Labute approximate surface area is 163 Å². The molecular weight excluding hydrogens is 387 g/mol. The number of pyridine rings is 1. The molecule has 0 fully saturated rings. The molecule has 0 amide bonds. The van der Waals surface area contributed by atoms with Crippen LogP contribution in [0.4, 0.5) is 24.1 Å². The summed E-state index contributed by atoms with van der Waals surface area (Å²) in [6.07, 6.45) is -0.497. The molecule has 3 aromatic heterocycles. The number of nitrogens with zero attached hydrogens (tertiary/aromatic N) is 4. The normalized spacial score (nSPS) is 11.2. The standard InChI is InChI=1S/C17H12F3N5S.C2H6/c1-25-15(4-5-22-25)24-16-23-13-3-2-10(7-14(13)26-16)11-6-12(9-21-8-11)17(18,19)20;1-2/h2-9H,1H3,(H,23,24);1-2H3. The minimum absolute atomic E-state index is 0.413. The van der Waals surface area contributed by atoms with Crippen molar-refractivity contribution in [3.8, 4) is 11.1 Å². The number of alkyl halides is 3. The maximum absolute atomic E-state index is 12.9. The molecule has 146 valence electrons. The number of thiazole rings is 1. The van der Waals surface area contributed by atoms with Gasteiger partial charge in [0.25, 0.3) is 0 Å². The van der Waals surface area contributed by atoms with Crippen LogP contribution in [0.5, 0.6) is 0 Å². The zero-order valence-corrected chi connectivity index (χ0v) is 16.3. The Morgan fingerprint density at radius 3 is 2.50 bits per heavy atom. The summed E-state index contributed by atoms with van der Waals surface area (Å²) >= 11 is 1.42. The van der Waals surface area contributed by atoms with Crippen molar-refractivity contribution in [3.05, 3.63) is 54.5 Å². The molecule has 0 saturated carbocycles. The summed E-state index contributed by atoms with van der Waals surface area (Å²) in [5.41, 5.74) is 1.07. The summed E-state index contributed by atoms with van der Waals surface area (Å²) in [5, 5.41) is 7.94. The van der Waals surface area contributed by atoms with Crippen molar-refractivity contribution in [3.63, 3.8) is 0 Å². The number of rotatable bonds is 3. The zero-order valence-electron chi connectivity index (χ0n) is 15.4. The van der Waals surface area contributed by atoms with Crippen LogP contribution in [0, 0.1) is 0 Å². The van der Waals surface area contributed by atoms with Gasteiger partial charge in [-0.2, -0.15) is 18.3 Å². The van der Waals surface area contributed by atoms with Crippen LogP contribution < -0.4 is 5.32 Å². The van der Waals surface area contributed by atoms with E-state index in [9.17, 15) is 13.2 Å². The molecule has 0 spiro atoms. The minimum Gasteiger partial charge on any atom is -0.316 e. The van der Waals surface area contributed by atoms with Crippen LogP contribution in [-0.2, 0) is 13.2 Å². The highest BCUT2D eigenvalue weighted by atomic mass is 32.1. The fourth-order valence-corrected chi connectivity index (χ4v) is 3.43. The summed E-state index contributed by atoms with van der Waals surface area (Å²) in [6.45, 7) is 4.00. The third kappa shape index (κ3) is 4.14. The second kappa shape index (κ2) is 7.97. The van der Waals surface area contributed by atoms with Gasteiger partial charge in [-0.05, 0) is 23.8 Å². The van der Waals surface area contributed by atoms with Crippen LogP contribution in [0.15, 0.2) is 48.9 Å². The van der Waals surface area contributed by atoms with Gasteiger partial charge >= 0.3 is 6.18 Å². The average Bonchev–Trinajstić information content (AvgIpc) is 3.28. The molecule has 0 saturated heterocycles. The van der Waals surface area contributed by atoms with Crippen LogP contribution in [0.25, 0.3) is 21.3 Å². The van der Waals surface area contributed by atoms with Crippen molar-refractivity contribution >= 4 is 32.5 Å². The van der Waals surface area contributed by atoms with E-state index < -0.39 is 11.7 Å². The van der Waals surface area contributed by atoms with Gasteiger partial charge in [0.05, 0.1) is 22.0 Å². The fourth-order valence-electron chi connectivity index (χ4n) is 2.52. The van der Waals surface area contributed by atoms with Gasteiger partial charge in [0, 0.05) is 31.1 Å². The largest absolute Gasteiger partial charge is 0.417 e. The first-order valence-corrected chi connectivity index (χ1v) is 9.40. The number of hydrogen-bond donors (Lipinski definition) is 1. The number of hydrogen-bond acceptors (Lipinski definition) is 5. The number of aromatic nitrogens is 4. The van der Waals surface area contributed by atoms with E-state index in [0.29, 0.717) is 16.3 Å². The first-order valence-electron chi connectivity index (χ1n) is 8.58. The number of benzene rings is 1. The van der Waals surface area contributed by atoms with Crippen LogP contribution in [0.2, 0.25) is 0 Å². The van der Waals surface area contributed by atoms with Crippen molar-refractivity contribution < 1.29 is 13.2 Å². The minimum atomic E-state index is -4.42. The van der Waals surface area contributed by atoms with Crippen LogP contribution >= 0.6 is 11.3 Å². The summed E-state index contributed by atoms with van der Waals surface area (Å²) < 4.78 is 41.2. The highest BCUT2D eigenvalue weighted by Crippen LogP contribution is 2.34. The SMILES string of the molecule is CC.Cn1nccc1Nc1nc2ccc(-c3cncc(C(F)(F)F)c3)cc2s1. The van der Waals surface area contributed by atoms with Gasteiger partial charge in [-0.1, -0.05) is 31.3 Å². The average molecular weight is 405 g/mol. The van der Waals surface area contributed by atoms with Crippen molar-refractivity contribution in [2.75, 3.05) is 5.32 Å². The Kier molecular flexibility index (Phi) is 5.64. The molecule has 9 heteroatoms. The molecular formula is C19H18F3N5S. The lowest BCUT2D eigenvalue weighted by atomic mass is 10.1. The lowest BCUT2D eigenvalue weighted by Gasteiger charge is -2.08. The van der Waals surface area contributed by atoms with Gasteiger partial charge < -0.3 is 5.32 Å². The second-order valence-electron chi connectivity index (χ2n) is 5.63. The molecule has 4 rings (SSSR count). The van der Waals surface area contributed by atoms with Crippen LogP contribution in [-0.4, -0.2) is 19.7 Å². The van der Waals surface area contributed by atoms with E-state index in [1.807, 2.05) is 33.0 Å². The van der Waals surface area contributed by atoms with Crippen LogP contribution in [0.3, 0.4) is 0 Å². The highest BCUT2D eigenvalue weighted by molar-refractivity contribution is 7.22. The first-order chi connectivity index (χ1) is 13.4. The van der Waals surface area contributed by atoms with E-state index in [-0.39, 0.29) is 0 Å². The van der Waals surface area contributed by atoms with Crippen LogP contribution in [0.1, 0.15) is 19.4 Å². The summed E-state index contributed by atoms with van der Waals surface area (Å²) in [4.78, 5) is 8.21. The van der Waals surface area contributed by atoms with Crippen molar-refractivity contribution in [2.45, 2.75) is 20.0 Å². The molecule has 3 heterocycles. The molecule has 0 aliphatic rings. The third-order valence-electron chi connectivity index (χ3n) is 3.84. The van der Waals surface area contributed by atoms with Crippen molar-refractivity contribution in [2.24, 2.45) is 7.05 Å². The van der Waals surface area contributed by atoms with Gasteiger partial charge in [0.1, 0.15) is 5.82 Å². The topological polar surface area (TPSA) is 55.6 Å². The molecule has 4 aromatic rings. The molecule has 0 aliphatic heterocycles. The molecule has 0 atom stereocenters. The highest BCUT2D eigenvalue weighted by Gasteiger charge is 2.31. The number of fused-ring (bicyclic) bond motifs is 1. The maximum atomic E-state index is 12.9. The molecule has 0 unspecified atom stereocenters. The summed E-state index contributed by atoms with van der Waals surface area (Å²) in [5.74, 6) is 0.798. The van der Waals surface area contributed by atoms with Gasteiger partial charge in [0.15, 0.2) is 5.13 Å². The lowest BCUT2D eigenvalue weighted by molar-refractivity contribution is -0.137. The predicted molar refractivity (Wildman–Crippen MR) is 106 cm³/mol. The Morgan fingerprint density at radius 1 is 1.04 bits per heavy atom. The molecule has 5 nitrogen and oxygen atoms in total. The van der Waals surface area contributed by atoms with E-state index in [0.717, 1.165) is 28.3 Å². The van der Waals surface area contributed by atoms with E-state index in [1.54, 1.807) is 23.0 Å². The summed E-state index contributed by atoms with van der Waals surface area (Å²) in [7, 11) is 1.81. The first kappa shape index (κ1) is 19.8. The zero-order chi connectivity index (χ0) is 20.3. The Hall–Kier alpha value is -2.94. The van der Waals surface area contributed by atoms with E-state index in [4.69, 9.17) is 0 Å². The second-order valence-corrected chi connectivity index (χ2v) is 6.66. The Balaban J connectivity index is 0.00000109. The number of halogens is 3. The molecule has 0 aliphatic carbocycles. The number of nitrogens with one attached hydrogen (secondary N) is 1. The van der Waals surface area contributed by atoms with Crippen molar-refractivity contribution in [1.29, 1.82) is 0 Å². The number of anilines is 2. The lowest BCUT2D eigenvalue weighted by Crippen LogP contribution is -2.05.